The van der Waals surface area contributed by atoms with Crippen molar-refractivity contribution in [2.24, 2.45) is 5.41 Å². The first-order valence-electron chi connectivity index (χ1n) is 8.94. The van der Waals surface area contributed by atoms with E-state index in [1.54, 1.807) is 6.92 Å². The van der Waals surface area contributed by atoms with Crippen LogP contribution in [0.5, 0.6) is 0 Å². The van der Waals surface area contributed by atoms with Crippen molar-refractivity contribution < 1.29 is 27.5 Å². The van der Waals surface area contributed by atoms with Crippen LogP contribution in [-0.4, -0.2) is 18.9 Å². The Morgan fingerprint density at radius 1 is 1.18 bits per heavy atom. The average Bonchev–Trinajstić information content (AvgIpc) is 2.58. The molecule has 150 valence electrons. The van der Waals surface area contributed by atoms with E-state index >= 15 is 0 Å². The molecule has 0 spiro atoms. The van der Waals surface area contributed by atoms with Crippen molar-refractivity contribution in [3.63, 3.8) is 0 Å². The maximum atomic E-state index is 13.0. The number of rotatable bonds is 2. The molecule has 0 amide bonds. The summed E-state index contributed by atoms with van der Waals surface area (Å²) in [6, 6.07) is 4.59. The van der Waals surface area contributed by atoms with Gasteiger partial charge in [0, 0.05) is 29.3 Å². The monoisotopic (exact) mass is 393 g/mol. The number of Topliss-reactive ketones (excluding diaryl/α,β-unsaturated/α-hetero) is 1. The Morgan fingerprint density at radius 3 is 2.32 bits per heavy atom. The highest BCUT2D eigenvalue weighted by atomic mass is 19.4. The van der Waals surface area contributed by atoms with Gasteiger partial charge in [0.1, 0.15) is 0 Å². The molecular formula is C21H22F3NO3. The van der Waals surface area contributed by atoms with E-state index in [4.69, 9.17) is 4.74 Å². The number of hydrogen-bond acceptors (Lipinski definition) is 4. The molecule has 7 heteroatoms. The lowest BCUT2D eigenvalue weighted by Gasteiger charge is -2.39. The lowest BCUT2D eigenvalue weighted by molar-refractivity contribution is -0.138. The van der Waals surface area contributed by atoms with Crippen molar-refractivity contribution in [2.75, 3.05) is 7.11 Å². The van der Waals surface area contributed by atoms with Crippen LogP contribution < -0.4 is 5.32 Å². The van der Waals surface area contributed by atoms with Gasteiger partial charge in [-0.05, 0) is 36.5 Å². The van der Waals surface area contributed by atoms with Gasteiger partial charge in [0.2, 0.25) is 0 Å². The summed E-state index contributed by atoms with van der Waals surface area (Å²) in [5.41, 5.74) is 1.37. The molecule has 0 saturated heterocycles. The minimum Gasteiger partial charge on any atom is -0.466 e. The van der Waals surface area contributed by atoms with Crippen molar-refractivity contribution in [1.82, 2.24) is 5.32 Å². The van der Waals surface area contributed by atoms with Gasteiger partial charge in [-0.2, -0.15) is 13.2 Å². The van der Waals surface area contributed by atoms with Gasteiger partial charge in [-0.25, -0.2) is 4.79 Å². The van der Waals surface area contributed by atoms with Crippen molar-refractivity contribution in [3.05, 3.63) is 57.9 Å². The Kier molecular flexibility index (Phi) is 4.89. The normalized spacial score (nSPS) is 22.0. The van der Waals surface area contributed by atoms with Gasteiger partial charge in [0.15, 0.2) is 5.78 Å². The van der Waals surface area contributed by atoms with Crippen molar-refractivity contribution in [2.45, 2.75) is 45.7 Å². The van der Waals surface area contributed by atoms with Crippen LogP contribution in [0.1, 0.15) is 50.7 Å². The van der Waals surface area contributed by atoms with Crippen LogP contribution in [-0.2, 0) is 20.5 Å². The number of ketones is 1. The van der Waals surface area contributed by atoms with E-state index in [1.807, 2.05) is 13.8 Å². The topological polar surface area (TPSA) is 55.4 Å². The van der Waals surface area contributed by atoms with Crippen molar-refractivity contribution in [3.8, 4) is 0 Å². The maximum Gasteiger partial charge on any atom is 0.416 e. The third kappa shape index (κ3) is 3.57. The molecule has 4 nitrogen and oxygen atoms in total. The maximum absolute atomic E-state index is 13.0. The molecule has 1 atom stereocenters. The molecule has 28 heavy (non-hydrogen) atoms. The van der Waals surface area contributed by atoms with Gasteiger partial charge >= 0.3 is 12.1 Å². The van der Waals surface area contributed by atoms with Crippen LogP contribution in [0.25, 0.3) is 0 Å². The van der Waals surface area contributed by atoms with Crippen LogP contribution in [0.15, 0.2) is 46.8 Å². The van der Waals surface area contributed by atoms with Crippen LogP contribution in [0.3, 0.4) is 0 Å². The van der Waals surface area contributed by atoms with E-state index in [1.165, 1.54) is 19.2 Å². The Balaban J connectivity index is 2.16. The van der Waals surface area contributed by atoms with E-state index in [2.05, 4.69) is 5.32 Å². The van der Waals surface area contributed by atoms with Gasteiger partial charge in [0.05, 0.1) is 18.2 Å². The number of carbonyl (C=O) groups excluding carboxylic acids is 2. The molecule has 0 radical (unpaired) electrons. The Labute approximate surface area is 161 Å². The molecule has 1 aromatic rings. The average molecular weight is 393 g/mol. The highest BCUT2D eigenvalue weighted by molar-refractivity contribution is 6.04. The minimum absolute atomic E-state index is 0.113. The number of alkyl halides is 3. The fraction of sp³-hybridized carbons (Fsp3) is 0.429. The summed E-state index contributed by atoms with van der Waals surface area (Å²) < 4.78 is 43.7. The number of halogens is 3. The summed E-state index contributed by atoms with van der Waals surface area (Å²) in [5.74, 6) is -1.48. The SMILES string of the molecule is COC(=O)C1=C(C)NC2=C(C(=O)CC(C)(C)C2)C1c1ccc(C(F)(F)F)cc1. The molecule has 1 aliphatic heterocycles. The fourth-order valence-corrected chi connectivity index (χ4v) is 4.01. The van der Waals surface area contributed by atoms with Crippen LogP contribution in [0.2, 0.25) is 0 Å². The summed E-state index contributed by atoms with van der Waals surface area (Å²) in [7, 11) is 1.24. The largest absolute Gasteiger partial charge is 0.466 e. The fourth-order valence-electron chi connectivity index (χ4n) is 4.01. The zero-order valence-corrected chi connectivity index (χ0v) is 16.2. The number of benzene rings is 1. The molecule has 1 unspecified atom stereocenters. The minimum atomic E-state index is -4.46. The second kappa shape index (κ2) is 6.79. The Hall–Kier alpha value is -2.57. The Morgan fingerprint density at radius 2 is 1.79 bits per heavy atom. The quantitative estimate of drug-likeness (QED) is 0.753. The number of carbonyl (C=O) groups is 2. The highest BCUT2D eigenvalue weighted by Gasteiger charge is 2.43. The van der Waals surface area contributed by atoms with E-state index in [-0.39, 0.29) is 16.8 Å². The van der Waals surface area contributed by atoms with E-state index in [9.17, 15) is 22.8 Å². The van der Waals surface area contributed by atoms with Crippen LogP contribution in [0.4, 0.5) is 13.2 Å². The first kappa shape index (κ1) is 20.2. The standard InChI is InChI=1S/C21H22F3NO3/c1-11-16(19(27)28-4)17(12-5-7-13(8-6-12)21(22,23)24)18-14(25-11)9-20(2,3)10-15(18)26/h5-8,17,25H,9-10H2,1-4H3. The lowest BCUT2D eigenvalue weighted by atomic mass is 9.68. The van der Waals surface area contributed by atoms with Crippen LogP contribution in [0, 0.1) is 5.41 Å². The number of allylic oxidation sites excluding steroid dienone is 3. The van der Waals surface area contributed by atoms with E-state index in [0.29, 0.717) is 29.7 Å². The first-order chi connectivity index (χ1) is 12.9. The second-order valence-electron chi connectivity index (χ2n) is 8.04. The highest BCUT2D eigenvalue weighted by Crippen LogP contribution is 2.47. The predicted octanol–water partition coefficient (Wildman–Crippen LogP) is 4.48. The number of methoxy groups -OCH3 is 1. The predicted molar refractivity (Wildman–Crippen MR) is 97.1 cm³/mol. The number of nitrogens with one attached hydrogen (secondary N) is 1. The molecule has 2 aliphatic rings. The van der Waals surface area contributed by atoms with E-state index < -0.39 is 23.6 Å². The summed E-state index contributed by atoms with van der Waals surface area (Å²) in [4.78, 5) is 25.4. The van der Waals surface area contributed by atoms with E-state index in [0.717, 1.165) is 17.8 Å². The molecule has 3 rings (SSSR count). The van der Waals surface area contributed by atoms with Crippen molar-refractivity contribution in [1.29, 1.82) is 0 Å². The zero-order chi connectivity index (χ0) is 20.9. The zero-order valence-electron chi connectivity index (χ0n) is 16.2. The molecule has 0 aromatic heterocycles. The number of hydrogen-bond donors (Lipinski definition) is 1. The van der Waals surface area contributed by atoms with Gasteiger partial charge in [-0.15, -0.1) is 0 Å². The second-order valence-corrected chi connectivity index (χ2v) is 8.04. The summed E-state index contributed by atoms with van der Waals surface area (Å²) in [6.45, 7) is 5.68. The molecule has 1 aromatic carbocycles. The molecule has 1 aliphatic carbocycles. The Bertz CT molecular complexity index is 892. The number of esters is 1. The number of dihydropyridines is 1. The third-order valence-electron chi connectivity index (χ3n) is 5.22. The third-order valence-corrected chi connectivity index (χ3v) is 5.22. The lowest BCUT2D eigenvalue weighted by Crippen LogP contribution is -2.38. The summed E-state index contributed by atoms with van der Waals surface area (Å²) in [5, 5.41) is 3.16. The van der Waals surface area contributed by atoms with Gasteiger partial charge < -0.3 is 10.1 Å². The van der Waals surface area contributed by atoms with Crippen molar-refractivity contribution >= 4 is 11.8 Å². The smallest absolute Gasteiger partial charge is 0.416 e. The molecule has 0 fully saturated rings. The molecule has 1 N–H and O–H groups in total. The summed E-state index contributed by atoms with van der Waals surface area (Å²) >= 11 is 0. The first-order valence-corrected chi connectivity index (χ1v) is 8.94. The van der Waals surface area contributed by atoms with Gasteiger partial charge in [-0.1, -0.05) is 26.0 Å². The molecular weight excluding hydrogens is 371 g/mol. The van der Waals surface area contributed by atoms with Gasteiger partial charge in [0.25, 0.3) is 0 Å². The van der Waals surface area contributed by atoms with Crippen LogP contribution >= 0.6 is 0 Å². The summed E-state index contributed by atoms with van der Waals surface area (Å²) in [6.07, 6.45) is -3.55. The molecule has 0 saturated carbocycles. The molecule has 0 bridgehead atoms. The van der Waals surface area contributed by atoms with Gasteiger partial charge in [-0.3, -0.25) is 4.79 Å². The molecule has 1 heterocycles. The number of ether oxygens (including phenoxy) is 1.